The molecule has 0 unspecified atom stereocenters. The van der Waals surface area contributed by atoms with Gasteiger partial charge < -0.3 is 10.6 Å². The molecule has 2 N–H and O–H groups in total. The van der Waals surface area contributed by atoms with Gasteiger partial charge >= 0.3 is 0 Å². The second kappa shape index (κ2) is 4.84. The number of nitrogen functional groups attached to an aromatic ring is 1. The molecule has 21 heavy (non-hydrogen) atoms. The van der Waals surface area contributed by atoms with Crippen LogP contribution in [0.3, 0.4) is 0 Å². The van der Waals surface area contributed by atoms with Crippen LogP contribution in [0.4, 0.5) is 10.8 Å². The Balaban J connectivity index is 1.68. The monoisotopic (exact) mass is 327 g/mol. The van der Waals surface area contributed by atoms with Crippen LogP contribution in [0.5, 0.6) is 0 Å². The predicted molar refractivity (Wildman–Crippen MR) is 84.4 cm³/mol. The summed E-state index contributed by atoms with van der Waals surface area (Å²) in [7, 11) is -3.28. The van der Waals surface area contributed by atoms with E-state index in [1.807, 2.05) is 0 Å². The lowest BCUT2D eigenvalue weighted by molar-refractivity contribution is 0.594. The summed E-state index contributed by atoms with van der Waals surface area (Å²) in [6.45, 7) is 1.93. The van der Waals surface area contributed by atoms with Crippen LogP contribution in [0.1, 0.15) is 38.5 Å². The van der Waals surface area contributed by atoms with Crippen LogP contribution >= 0.6 is 11.5 Å². The molecule has 3 aliphatic rings. The number of hydrogen-bond acceptors (Lipinski definition) is 6. The Kier molecular flexibility index (Phi) is 3.19. The molecule has 1 aromatic rings. The minimum atomic E-state index is -3.28. The molecule has 1 aromatic heterocycles. The molecule has 0 atom stereocenters. The van der Waals surface area contributed by atoms with Crippen molar-refractivity contribution in [3.05, 3.63) is 0 Å². The minimum absolute atomic E-state index is 0.207. The lowest BCUT2D eigenvalue weighted by Crippen LogP contribution is -2.29. The molecule has 4 rings (SSSR count). The third-order valence-electron chi connectivity index (χ3n) is 4.54. The predicted octanol–water partition coefficient (Wildman–Crippen LogP) is 2.29. The van der Waals surface area contributed by atoms with Crippen molar-refractivity contribution in [2.75, 3.05) is 23.7 Å². The number of anilines is 2. The highest BCUT2D eigenvalue weighted by Gasteiger charge is 2.42. The SMILES string of the molecule is Nc1nsc(N(CC2CC2)CC2CC2)c1S(=O)(=O)C1CC1. The zero-order valence-electron chi connectivity index (χ0n) is 12.0. The number of aromatic nitrogens is 1. The van der Waals surface area contributed by atoms with Crippen LogP contribution in [0.15, 0.2) is 4.90 Å². The fraction of sp³-hybridized carbons (Fsp3) is 0.786. The van der Waals surface area contributed by atoms with Crippen molar-refractivity contribution in [1.82, 2.24) is 4.37 Å². The summed E-state index contributed by atoms with van der Waals surface area (Å²) in [5.41, 5.74) is 5.92. The molecule has 3 saturated carbocycles. The van der Waals surface area contributed by atoms with E-state index in [0.29, 0.717) is 4.90 Å². The van der Waals surface area contributed by atoms with E-state index < -0.39 is 9.84 Å². The van der Waals surface area contributed by atoms with Gasteiger partial charge in [0, 0.05) is 13.1 Å². The summed E-state index contributed by atoms with van der Waals surface area (Å²) in [5.74, 6) is 1.66. The first-order chi connectivity index (χ1) is 10.1. The number of sulfone groups is 1. The summed E-state index contributed by atoms with van der Waals surface area (Å²) in [6.07, 6.45) is 6.59. The Bertz CT molecular complexity index is 629. The van der Waals surface area contributed by atoms with Crippen molar-refractivity contribution in [2.45, 2.75) is 48.7 Å². The first-order valence-electron chi connectivity index (χ1n) is 7.79. The zero-order chi connectivity index (χ0) is 14.6. The Morgan fingerprint density at radius 2 is 1.67 bits per heavy atom. The van der Waals surface area contributed by atoms with Gasteiger partial charge in [0.05, 0.1) is 5.25 Å². The lowest BCUT2D eigenvalue weighted by atomic mass is 10.3. The first-order valence-corrected chi connectivity index (χ1v) is 10.1. The number of nitrogens with zero attached hydrogens (tertiary/aromatic N) is 2. The van der Waals surface area contributed by atoms with E-state index >= 15 is 0 Å². The third-order valence-corrected chi connectivity index (χ3v) is 7.92. The van der Waals surface area contributed by atoms with Crippen LogP contribution in [-0.4, -0.2) is 31.1 Å². The molecule has 5 nitrogen and oxygen atoms in total. The highest BCUT2D eigenvalue weighted by molar-refractivity contribution is 7.92. The molecule has 0 saturated heterocycles. The Hall–Kier alpha value is -0.820. The maximum Gasteiger partial charge on any atom is 0.187 e. The first kappa shape index (κ1) is 13.8. The Labute approximate surface area is 129 Å². The average Bonchev–Trinajstić information content (AvgIpc) is 3.28. The molecule has 0 aliphatic heterocycles. The van der Waals surface area contributed by atoms with Crippen molar-refractivity contribution < 1.29 is 8.42 Å². The van der Waals surface area contributed by atoms with E-state index in [1.54, 1.807) is 0 Å². The van der Waals surface area contributed by atoms with E-state index in [9.17, 15) is 8.42 Å². The van der Waals surface area contributed by atoms with Crippen LogP contribution in [-0.2, 0) is 9.84 Å². The highest BCUT2D eigenvalue weighted by Crippen LogP contribution is 2.45. The van der Waals surface area contributed by atoms with Gasteiger partial charge in [0.1, 0.15) is 9.90 Å². The van der Waals surface area contributed by atoms with Crippen molar-refractivity contribution in [2.24, 2.45) is 11.8 Å². The minimum Gasteiger partial charge on any atom is -0.382 e. The number of hydrogen-bond donors (Lipinski definition) is 1. The molecule has 0 amide bonds. The van der Waals surface area contributed by atoms with Crippen LogP contribution in [0.2, 0.25) is 0 Å². The zero-order valence-corrected chi connectivity index (χ0v) is 13.6. The van der Waals surface area contributed by atoms with Crippen LogP contribution < -0.4 is 10.6 Å². The smallest absolute Gasteiger partial charge is 0.187 e. The highest BCUT2D eigenvalue weighted by atomic mass is 32.2. The van der Waals surface area contributed by atoms with Crippen LogP contribution in [0, 0.1) is 11.8 Å². The van der Waals surface area contributed by atoms with Gasteiger partial charge in [-0.3, -0.25) is 0 Å². The van der Waals surface area contributed by atoms with E-state index in [4.69, 9.17) is 5.73 Å². The summed E-state index contributed by atoms with van der Waals surface area (Å²) in [5, 5.41) is 0.580. The van der Waals surface area contributed by atoms with Gasteiger partial charge in [-0.15, -0.1) is 0 Å². The summed E-state index contributed by atoms with van der Waals surface area (Å²) < 4.78 is 29.5. The number of nitrogens with two attached hydrogens (primary N) is 1. The van der Waals surface area contributed by atoms with E-state index in [-0.39, 0.29) is 11.1 Å². The molecule has 0 radical (unpaired) electrons. The van der Waals surface area contributed by atoms with Crippen molar-refractivity contribution in [1.29, 1.82) is 0 Å². The standard InChI is InChI=1S/C14H21N3O2S2/c15-13-12(21(18,19)11-5-6-11)14(20-16-13)17(7-9-1-2-9)8-10-3-4-10/h9-11H,1-8H2,(H2,15,16). The summed E-state index contributed by atoms with van der Waals surface area (Å²) in [4.78, 5) is 2.59. The van der Waals surface area contributed by atoms with Gasteiger partial charge in [0.25, 0.3) is 0 Å². The second-order valence-electron chi connectivity index (χ2n) is 6.74. The van der Waals surface area contributed by atoms with Gasteiger partial charge in [-0.2, -0.15) is 4.37 Å². The van der Waals surface area contributed by atoms with Crippen molar-refractivity contribution >= 4 is 32.2 Å². The number of rotatable bonds is 7. The maximum absolute atomic E-state index is 12.7. The summed E-state index contributed by atoms with van der Waals surface area (Å²) >= 11 is 1.27. The molecule has 3 aliphatic carbocycles. The molecule has 0 spiro atoms. The molecule has 1 heterocycles. The van der Waals surface area contributed by atoms with E-state index in [0.717, 1.165) is 42.8 Å². The quantitative estimate of drug-likeness (QED) is 0.831. The van der Waals surface area contributed by atoms with Gasteiger partial charge in [-0.05, 0) is 61.9 Å². The lowest BCUT2D eigenvalue weighted by Gasteiger charge is -2.24. The van der Waals surface area contributed by atoms with Gasteiger partial charge in [0.2, 0.25) is 0 Å². The maximum atomic E-state index is 12.7. The third kappa shape index (κ3) is 2.77. The molecule has 3 fully saturated rings. The molecule has 0 aromatic carbocycles. The molecule has 116 valence electrons. The largest absolute Gasteiger partial charge is 0.382 e. The fourth-order valence-electron chi connectivity index (χ4n) is 2.76. The topological polar surface area (TPSA) is 76.3 Å². The summed E-state index contributed by atoms with van der Waals surface area (Å²) in [6, 6.07) is 0. The molecular weight excluding hydrogens is 306 g/mol. The fourth-order valence-corrected chi connectivity index (χ4v) is 5.81. The van der Waals surface area contributed by atoms with Crippen molar-refractivity contribution in [3.8, 4) is 0 Å². The second-order valence-corrected chi connectivity index (χ2v) is 9.65. The van der Waals surface area contributed by atoms with Crippen molar-refractivity contribution in [3.63, 3.8) is 0 Å². The molecular formula is C14H21N3O2S2. The average molecular weight is 327 g/mol. The van der Waals surface area contributed by atoms with Gasteiger partial charge in [-0.1, -0.05) is 0 Å². The normalized spacial score (nSPS) is 22.5. The molecule has 7 heteroatoms. The van der Waals surface area contributed by atoms with E-state index in [1.165, 1.54) is 37.2 Å². The van der Waals surface area contributed by atoms with Gasteiger partial charge in [-0.25, -0.2) is 8.42 Å². The van der Waals surface area contributed by atoms with Gasteiger partial charge in [0.15, 0.2) is 15.7 Å². The Morgan fingerprint density at radius 3 is 2.14 bits per heavy atom. The molecule has 0 bridgehead atoms. The van der Waals surface area contributed by atoms with E-state index in [2.05, 4.69) is 9.27 Å². The Morgan fingerprint density at radius 1 is 1.10 bits per heavy atom. The van der Waals surface area contributed by atoms with Crippen LogP contribution in [0.25, 0.3) is 0 Å².